The minimum atomic E-state index is -1.47. The molecular weight excluding hydrogens is 1150 g/mol. The minimum absolute atomic E-state index is 0.132. The largest absolute Gasteiger partial charge is 0.461 e. The molecule has 2 heterocycles. The smallest absolute Gasteiger partial charge is 0.305 e. The van der Waals surface area contributed by atoms with Crippen molar-refractivity contribution < 1.29 is 48.0 Å². The van der Waals surface area contributed by atoms with Crippen molar-refractivity contribution >= 4 is 73.7 Å². The lowest BCUT2D eigenvalue weighted by molar-refractivity contribution is -0.151. The van der Waals surface area contributed by atoms with E-state index < -0.39 is 23.2 Å². The van der Waals surface area contributed by atoms with Crippen LogP contribution in [0.25, 0.3) is 32.7 Å². The molecule has 3 aliphatic rings. The molecule has 506 valence electrons. The molecule has 92 heavy (non-hydrogen) atoms. The summed E-state index contributed by atoms with van der Waals surface area (Å²) in [6, 6.07) is 18.9. The number of unbranched alkanes of at least 4 members (excludes halogenated alkanes) is 32. The van der Waals surface area contributed by atoms with Gasteiger partial charge in [0.2, 0.25) is 0 Å². The highest BCUT2D eigenvalue weighted by atomic mass is 16.6. The predicted octanol–water partition coefficient (Wildman–Crippen LogP) is 16.3. The number of hydrogen-bond acceptors (Lipinski definition) is 14. The molecule has 1 fully saturated rings. The fourth-order valence-corrected chi connectivity index (χ4v) is 13.3. The van der Waals surface area contributed by atoms with Crippen molar-refractivity contribution in [1.82, 2.24) is 0 Å². The third kappa shape index (κ3) is 22.5. The molecular formula is C78H114N4O10. The van der Waals surface area contributed by atoms with Crippen LogP contribution in [-0.4, -0.2) is 78.6 Å². The van der Waals surface area contributed by atoms with Crippen LogP contribution in [0.15, 0.2) is 70.6 Å². The summed E-state index contributed by atoms with van der Waals surface area (Å²) in [6.45, 7) is 7.91. The van der Waals surface area contributed by atoms with E-state index in [1.54, 1.807) is 12.1 Å². The summed E-state index contributed by atoms with van der Waals surface area (Å²) < 4.78 is 24.3. The van der Waals surface area contributed by atoms with Crippen LogP contribution in [0, 0.1) is 0 Å². The summed E-state index contributed by atoms with van der Waals surface area (Å²) in [5.74, 6) is -1.88. The average Bonchev–Trinajstić information content (AvgIpc) is 0.715. The second-order valence-corrected chi connectivity index (χ2v) is 26.8. The summed E-state index contributed by atoms with van der Waals surface area (Å²) in [6.07, 6.45) is 39.7. The number of anilines is 2. The van der Waals surface area contributed by atoms with Crippen LogP contribution >= 0.6 is 0 Å². The first-order valence-corrected chi connectivity index (χ1v) is 36.7. The standard InChI is InChI=1S/C78H114N4O10/c1-5-9-13-17-21-25-29-33-37-47-65(83)89-55-77(56-90-66(84)48-38-34-30-26-22-18-14-10-6-2)79-63-45-41-43-59-51-53-61(73(81-77)69(59)63)71-75(87)72(76(71)88)62-54-52-60-44-42-46-64-70(60)74(62)82-78(80-64,57-91-67(85)49-39-35-31-27-23-19-15-11-7-3)58-92-68(86)50-40-36-32-28-24-20-16-12-8-4/h41-46,51-54,75,79-80,87H,5-40,47-50,55-58H2,1-4H3/b71-61-,72-62+. The van der Waals surface area contributed by atoms with E-state index in [1.807, 2.05) is 48.5 Å². The molecule has 1 saturated carbocycles. The lowest BCUT2D eigenvalue weighted by Crippen LogP contribution is -2.55. The summed E-state index contributed by atoms with van der Waals surface area (Å²) in [5, 5.41) is 24.4. The first kappa shape index (κ1) is 73.3. The molecule has 0 radical (unpaired) electrons. The van der Waals surface area contributed by atoms with Gasteiger partial charge >= 0.3 is 23.9 Å². The summed E-state index contributed by atoms with van der Waals surface area (Å²) >= 11 is 0. The monoisotopic (exact) mass is 1270 g/mol. The Morgan fingerprint density at radius 3 is 0.902 bits per heavy atom. The highest BCUT2D eigenvalue weighted by molar-refractivity contribution is 6.48. The van der Waals surface area contributed by atoms with Crippen molar-refractivity contribution in [3.05, 3.63) is 81.8 Å². The van der Waals surface area contributed by atoms with Gasteiger partial charge in [0.05, 0.1) is 10.7 Å². The van der Waals surface area contributed by atoms with Gasteiger partial charge in [-0.1, -0.05) is 282 Å². The first-order valence-electron chi connectivity index (χ1n) is 36.7. The van der Waals surface area contributed by atoms with Gasteiger partial charge in [0.15, 0.2) is 17.1 Å². The van der Waals surface area contributed by atoms with Gasteiger partial charge in [-0.2, -0.15) is 0 Å². The van der Waals surface area contributed by atoms with Crippen LogP contribution in [0.4, 0.5) is 11.4 Å². The number of nitrogens with zero attached hydrogens (tertiary/aromatic N) is 2. The third-order valence-corrected chi connectivity index (χ3v) is 18.9. The number of benzene rings is 4. The number of ether oxygens (including phenoxy) is 4. The first-order chi connectivity index (χ1) is 45.0. The molecule has 0 aromatic heterocycles. The highest BCUT2D eigenvalue weighted by Gasteiger charge is 2.43. The highest BCUT2D eigenvalue weighted by Crippen LogP contribution is 2.34. The van der Waals surface area contributed by atoms with E-state index in [1.165, 1.54) is 128 Å². The average molecular weight is 1270 g/mol. The number of aliphatic hydroxyl groups excluding tert-OH is 1. The quantitative estimate of drug-likeness (QED) is 0.0216. The van der Waals surface area contributed by atoms with Crippen molar-refractivity contribution in [1.29, 1.82) is 0 Å². The molecule has 3 N–H and O–H groups in total. The van der Waals surface area contributed by atoms with Crippen LogP contribution in [-0.2, 0) is 42.9 Å². The van der Waals surface area contributed by atoms with E-state index >= 15 is 4.79 Å². The number of Topliss-reactive ketones (excluding diaryl/α,β-unsaturated/α-hetero) is 1. The van der Waals surface area contributed by atoms with E-state index in [2.05, 4.69) is 38.3 Å². The maximum absolute atomic E-state index is 15.2. The van der Waals surface area contributed by atoms with Crippen LogP contribution in [0.1, 0.15) is 285 Å². The second-order valence-electron chi connectivity index (χ2n) is 26.8. The number of esters is 4. The summed E-state index contributed by atoms with van der Waals surface area (Å²) in [4.78, 5) is 80.2. The lowest BCUT2D eigenvalue weighted by atomic mass is 9.77. The van der Waals surface area contributed by atoms with E-state index in [4.69, 9.17) is 28.9 Å². The van der Waals surface area contributed by atoms with Crippen LogP contribution in [0.2, 0.25) is 0 Å². The fraction of sp³-hybridized carbons (Fsp3) is 0.654. The molecule has 14 nitrogen and oxygen atoms in total. The SMILES string of the molecule is CCCCCCCCCCCC(=O)OCC1(COC(=O)CCCCCCCCCCC)N=c2/c(=C3\C(=O)/C(=c4\ccc5cccc6c5c4=NC(COC(=O)CCCCCCCCCCC)(COC(=O)CCCCCCCCCCC)N6)C3O)ccc3cccc(c23)N1. The normalized spacial score (nSPS) is 16.3. The number of rotatable bonds is 48. The van der Waals surface area contributed by atoms with Gasteiger partial charge in [-0.3, -0.25) is 24.0 Å². The van der Waals surface area contributed by atoms with Crippen molar-refractivity contribution in [2.45, 2.75) is 302 Å². The Balaban J connectivity index is 1.18. The molecule has 1 aliphatic carbocycles. The number of aliphatic hydroxyl groups is 1. The van der Waals surface area contributed by atoms with Crippen molar-refractivity contribution in [2.24, 2.45) is 9.98 Å². The number of nitrogens with one attached hydrogen (secondary N) is 2. The number of carbonyl (C=O) groups excluding carboxylic acids is 5. The molecule has 0 amide bonds. The fourth-order valence-electron chi connectivity index (χ4n) is 13.3. The van der Waals surface area contributed by atoms with Gasteiger partial charge in [-0.05, 0) is 48.6 Å². The number of carbonyl (C=O) groups is 5. The Morgan fingerprint density at radius 1 is 0.380 bits per heavy atom. The van der Waals surface area contributed by atoms with Crippen LogP contribution < -0.4 is 31.8 Å². The van der Waals surface area contributed by atoms with Crippen LogP contribution in [0.3, 0.4) is 0 Å². The minimum Gasteiger partial charge on any atom is -0.461 e. The topological polar surface area (TPSA) is 191 Å². The van der Waals surface area contributed by atoms with Gasteiger partial charge < -0.3 is 34.7 Å². The van der Waals surface area contributed by atoms with Crippen molar-refractivity contribution in [3.8, 4) is 0 Å². The zero-order valence-electron chi connectivity index (χ0n) is 57.0. The van der Waals surface area contributed by atoms with Gasteiger partial charge in [0.25, 0.3) is 0 Å². The second kappa shape index (κ2) is 40.2. The Morgan fingerprint density at radius 2 is 0.641 bits per heavy atom. The Labute approximate surface area is 550 Å². The van der Waals surface area contributed by atoms with Crippen molar-refractivity contribution in [2.75, 3.05) is 37.1 Å². The van der Waals surface area contributed by atoms with Gasteiger partial charge in [0, 0.05) is 69.4 Å². The maximum atomic E-state index is 15.2. The zero-order valence-corrected chi connectivity index (χ0v) is 57.0. The molecule has 1 atom stereocenters. The molecule has 0 bridgehead atoms. The van der Waals surface area contributed by atoms with E-state index in [0.29, 0.717) is 69.0 Å². The van der Waals surface area contributed by atoms with E-state index in [-0.39, 0.29) is 87.1 Å². The molecule has 0 saturated heterocycles. The summed E-state index contributed by atoms with van der Waals surface area (Å²) in [5.41, 5.74) is -1.36. The molecule has 14 heteroatoms. The zero-order chi connectivity index (χ0) is 65.2. The molecule has 4 aromatic carbocycles. The molecule has 1 unspecified atom stereocenters. The van der Waals surface area contributed by atoms with Gasteiger partial charge in [-0.15, -0.1) is 0 Å². The third-order valence-electron chi connectivity index (χ3n) is 18.9. The molecule has 7 rings (SSSR count). The summed E-state index contributed by atoms with van der Waals surface area (Å²) in [7, 11) is 0. The van der Waals surface area contributed by atoms with Crippen LogP contribution in [0.5, 0.6) is 0 Å². The molecule has 4 aromatic rings. The Hall–Kier alpha value is -6.15. The number of hydrogen-bond donors (Lipinski definition) is 3. The van der Waals surface area contributed by atoms with E-state index in [0.717, 1.165) is 87.8 Å². The number of ketones is 1. The van der Waals surface area contributed by atoms with Gasteiger partial charge in [-0.25, -0.2) is 9.98 Å². The Kier molecular flexibility index (Phi) is 32.0. The van der Waals surface area contributed by atoms with Crippen molar-refractivity contribution in [3.63, 3.8) is 0 Å². The predicted molar refractivity (Wildman–Crippen MR) is 371 cm³/mol. The maximum Gasteiger partial charge on any atom is 0.305 e. The van der Waals surface area contributed by atoms with Gasteiger partial charge in [0.1, 0.15) is 32.5 Å². The molecule has 2 aliphatic heterocycles. The Bertz CT molecular complexity index is 2960. The van der Waals surface area contributed by atoms with E-state index in [9.17, 15) is 24.3 Å². The molecule has 0 spiro atoms. The lowest BCUT2D eigenvalue weighted by Gasteiger charge is -2.35.